The fourth-order valence-corrected chi connectivity index (χ4v) is 2.58. The summed E-state index contributed by atoms with van der Waals surface area (Å²) in [5.41, 5.74) is 1.30. The monoisotopic (exact) mass is 227 g/mol. The van der Waals surface area contributed by atoms with Crippen LogP contribution in [0.1, 0.15) is 6.42 Å². The van der Waals surface area contributed by atoms with Gasteiger partial charge in [0.05, 0.1) is 0 Å². The number of rotatable bonds is 2. The van der Waals surface area contributed by atoms with E-state index >= 15 is 0 Å². The van der Waals surface area contributed by atoms with E-state index in [1.165, 1.54) is 22.9 Å². The quantitative estimate of drug-likeness (QED) is 0.851. The van der Waals surface area contributed by atoms with Crippen molar-refractivity contribution >= 4 is 16.5 Å². The molecule has 0 amide bonds. The largest absolute Gasteiger partial charge is 0.370 e. The molecule has 2 heterocycles. The standard InChI is InChI=1S/C14H17N3/c1-17(12-5-7-16-10-12)14-4-2-3-11-9-15-8-6-13(11)14/h2-4,6,8-9,12,16H,5,7,10H2,1H3. The molecule has 1 unspecified atom stereocenters. The van der Waals surface area contributed by atoms with Crippen molar-refractivity contribution in [2.24, 2.45) is 0 Å². The number of anilines is 1. The number of fused-ring (bicyclic) bond motifs is 1. The Labute approximate surface area is 101 Å². The molecule has 1 atom stereocenters. The number of aromatic nitrogens is 1. The third kappa shape index (κ3) is 1.87. The van der Waals surface area contributed by atoms with Crippen LogP contribution in [-0.4, -0.2) is 31.2 Å². The van der Waals surface area contributed by atoms with Crippen LogP contribution in [0.3, 0.4) is 0 Å². The predicted molar refractivity (Wildman–Crippen MR) is 71.4 cm³/mol. The summed E-state index contributed by atoms with van der Waals surface area (Å²) in [6, 6.07) is 9.13. The van der Waals surface area contributed by atoms with Crippen LogP contribution in [-0.2, 0) is 0 Å². The Bertz CT molecular complexity index is 512. The molecule has 3 rings (SSSR count). The highest BCUT2D eigenvalue weighted by molar-refractivity contribution is 5.93. The molecule has 17 heavy (non-hydrogen) atoms. The fraction of sp³-hybridized carbons (Fsp3) is 0.357. The number of likely N-dealkylation sites (N-methyl/N-ethyl adjacent to an activating group) is 1. The van der Waals surface area contributed by atoms with E-state index in [0.29, 0.717) is 6.04 Å². The molecule has 1 fully saturated rings. The van der Waals surface area contributed by atoms with Crippen LogP contribution in [0.15, 0.2) is 36.7 Å². The van der Waals surface area contributed by atoms with Crippen LogP contribution in [0.2, 0.25) is 0 Å². The third-order valence-corrected chi connectivity index (χ3v) is 3.62. The zero-order chi connectivity index (χ0) is 11.7. The van der Waals surface area contributed by atoms with Crippen molar-refractivity contribution in [3.05, 3.63) is 36.7 Å². The Balaban J connectivity index is 2.04. The second-order valence-electron chi connectivity index (χ2n) is 4.63. The number of benzene rings is 1. The molecular weight excluding hydrogens is 210 g/mol. The molecule has 3 nitrogen and oxygen atoms in total. The average molecular weight is 227 g/mol. The van der Waals surface area contributed by atoms with Gasteiger partial charge in [0, 0.05) is 48.5 Å². The third-order valence-electron chi connectivity index (χ3n) is 3.62. The molecule has 0 spiro atoms. The van der Waals surface area contributed by atoms with Crippen LogP contribution in [0.25, 0.3) is 10.8 Å². The highest BCUT2D eigenvalue weighted by Gasteiger charge is 2.20. The lowest BCUT2D eigenvalue weighted by atomic mass is 10.1. The Morgan fingerprint density at radius 1 is 1.35 bits per heavy atom. The number of hydrogen-bond donors (Lipinski definition) is 1. The Morgan fingerprint density at radius 2 is 2.29 bits per heavy atom. The average Bonchev–Trinajstić information content (AvgIpc) is 2.91. The molecule has 1 aliphatic rings. The second-order valence-corrected chi connectivity index (χ2v) is 4.63. The summed E-state index contributed by atoms with van der Waals surface area (Å²) in [4.78, 5) is 6.57. The Morgan fingerprint density at radius 3 is 3.12 bits per heavy atom. The van der Waals surface area contributed by atoms with Crippen molar-refractivity contribution in [3.63, 3.8) is 0 Å². The normalized spacial score (nSPS) is 19.7. The number of nitrogens with zero attached hydrogens (tertiary/aromatic N) is 2. The van der Waals surface area contributed by atoms with Gasteiger partial charge < -0.3 is 10.2 Å². The molecule has 2 aromatic rings. The molecule has 1 aromatic heterocycles. The lowest BCUT2D eigenvalue weighted by Gasteiger charge is -2.27. The Kier molecular flexibility index (Phi) is 2.69. The first-order valence-corrected chi connectivity index (χ1v) is 6.12. The van der Waals surface area contributed by atoms with Crippen LogP contribution >= 0.6 is 0 Å². The minimum Gasteiger partial charge on any atom is -0.370 e. The van der Waals surface area contributed by atoms with Gasteiger partial charge in [-0.15, -0.1) is 0 Å². The van der Waals surface area contributed by atoms with Crippen molar-refractivity contribution in [3.8, 4) is 0 Å². The van der Waals surface area contributed by atoms with Crippen molar-refractivity contribution in [1.82, 2.24) is 10.3 Å². The molecule has 3 heteroatoms. The van der Waals surface area contributed by atoms with E-state index in [-0.39, 0.29) is 0 Å². The van der Waals surface area contributed by atoms with Crippen molar-refractivity contribution in [1.29, 1.82) is 0 Å². The zero-order valence-electron chi connectivity index (χ0n) is 10.1. The maximum Gasteiger partial charge on any atom is 0.0447 e. The van der Waals surface area contributed by atoms with Gasteiger partial charge in [0.15, 0.2) is 0 Å². The summed E-state index contributed by atoms with van der Waals surface area (Å²) in [6.07, 6.45) is 5.02. The molecule has 0 aliphatic carbocycles. The highest BCUT2D eigenvalue weighted by atomic mass is 15.2. The first-order valence-electron chi connectivity index (χ1n) is 6.12. The van der Waals surface area contributed by atoms with E-state index in [2.05, 4.69) is 46.5 Å². The molecule has 0 saturated carbocycles. The first kappa shape index (κ1) is 10.5. The van der Waals surface area contributed by atoms with Gasteiger partial charge in [0.25, 0.3) is 0 Å². The van der Waals surface area contributed by atoms with Crippen molar-refractivity contribution in [2.45, 2.75) is 12.5 Å². The van der Waals surface area contributed by atoms with E-state index in [0.717, 1.165) is 13.1 Å². The summed E-state index contributed by atoms with van der Waals surface area (Å²) in [6.45, 7) is 2.21. The highest BCUT2D eigenvalue weighted by Crippen LogP contribution is 2.27. The first-order chi connectivity index (χ1) is 8.36. The van der Waals surface area contributed by atoms with E-state index < -0.39 is 0 Å². The van der Waals surface area contributed by atoms with Crippen LogP contribution in [0, 0.1) is 0 Å². The molecule has 1 saturated heterocycles. The number of hydrogen-bond acceptors (Lipinski definition) is 3. The molecule has 1 N–H and O–H groups in total. The van der Waals surface area contributed by atoms with Gasteiger partial charge in [-0.1, -0.05) is 12.1 Å². The molecule has 1 aliphatic heterocycles. The van der Waals surface area contributed by atoms with Gasteiger partial charge in [-0.25, -0.2) is 0 Å². The SMILES string of the molecule is CN(c1cccc2cnccc12)C1CCNC1. The van der Waals surface area contributed by atoms with Gasteiger partial charge in [0.1, 0.15) is 0 Å². The maximum atomic E-state index is 4.18. The van der Waals surface area contributed by atoms with E-state index in [1.54, 1.807) is 0 Å². The predicted octanol–water partition coefficient (Wildman–Crippen LogP) is 2.03. The topological polar surface area (TPSA) is 28.2 Å². The van der Waals surface area contributed by atoms with Crippen LogP contribution in [0.4, 0.5) is 5.69 Å². The smallest absolute Gasteiger partial charge is 0.0447 e. The van der Waals surface area contributed by atoms with Gasteiger partial charge in [-0.3, -0.25) is 4.98 Å². The van der Waals surface area contributed by atoms with E-state index in [4.69, 9.17) is 0 Å². The maximum absolute atomic E-state index is 4.18. The summed E-state index contributed by atoms with van der Waals surface area (Å²) in [5, 5.41) is 5.92. The van der Waals surface area contributed by atoms with Gasteiger partial charge in [-0.05, 0) is 25.1 Å². The summed E-state index contributed by atoms with van der Waals surface area (Å²) in [5.74, 6) is 0. The summed E-state index contributed by atoms with van der Waals surface area (Å²) < 4.78 is 0. The second kappa shape index (κ2) is 4.34. The summed E-state index contributed by atoms with van der Waals surface area (Å²) >= 11 is 0. The minimum atomic E-state index is 0.605. The molecule has 88 valence electrons. The molecular formula is C14H17N3. The lowest BCUT2D eigenvalue weighted by molar-refractivity contribution is 0.687. The van der Waals surface area contributed by atoms with E-state index in [1.807, 2.05) is 12.4 Å². The minimum absolute atomic E-state index is 0.605. The van der Waals surface area contributed by atoms with Gasteiger partial charge >= 0.3 is 0 Å². The van der Waals surface area contributed by atoms with Crippen molar-refractivity contribution in [2.75, 3.05) is 25.0 Å². The van der Waals surface area contributed by atoms with Crippen LogP contribution in [0.5, 0.6) is 0 Å². The van der Waals surface area contributed by atoms with Crippen LogP contribution < -0.4 is 10.2 Å². The number of nitrogens with one attached hydrogen (secondary N) is 1. The lowest BCUT2D eigenvalue weighted by Crippen LogP contribution is -2.33. The number of pyridine rings is 1. The zero-order valence-corrected chi connectivity index (χ0v) is 10.1. The summed E-state index contributed by atoms with van der Waals surface area (Å²) in [7, 11) is 2.19. The van der Waals surface area contributed by atoms with Gasteiger partial charge in [-0.2, -0.15) is 0 Å². The van der Waals surface area contributed by atoms with Crippen molar-refractivity contribution < 1.29 is 0 Å². The molecule has 0 bridgehead atoms. The Hall–Kier alpha value is -1.61. The molecule has 0 radical (unpaired) electrons. The van der Waals surface area contributed by atoms with E-state index in [9.17, 15) is 0 Å². The molecule has 1 aromatic carbocycles. The van der Waals surface area contributed by atoms with Gasteiger partial charge in [0.2, 0.25) is 0 Å². The fourth-order valence-electron chi connectivity index (χ4n) is 2.58.